The fourth-order valence-corrected chi connectivity index (χ4v) is 6.38. The van der Waals surface area contributed by atoms with Crippen LogP contribution in [0.2, 0.25) is 0 Å². The number of hydrogen-bond acceptors (Lipinski definition) is 5. The molecule has 3 aliphatic carbocycles. The molecule has 7 heteroatoms. The summed E-state index contributed by atoms with van der Waals surface area (Å²) in [6.45, 7) is 5.32. The van der Waals surface area contributed by atoms with Crippen LogP contribution in [-0.2, 0) is 14.4 Å². The maximum atomic E-state index is 13.1. The number of hydrogen-bond donors (Lipinski definition) is 2. The van der Waals surface area contributed by atoms with Gasteiger partial charge >= 0.3 is 0 Å². The van der Waals surface area contributed by atoms with E-state index in [1.807, 2.05) is 0 Å². The number of carbonyl (C=O) groups excluding carboxylic acids is 2. The molecular weight excluding hydrogens is 366 g/mol. The van der Waals surface area contributed by atoms with E-state index >= 15 is 0 Å². The van der Waals surface area contributed by atoms with Crippen molar-refractivity contribution in [3.8, 4) is 0 Å². The lowest BCUT2D eigenvalue weighted by atomic mass is 9.49. The zero-order valence-electron chi connectivity index (χ0n) is 16.3. The average Bonchev–Trinajstić information content (AvgIpc) is 2.92. The Balaban J connectivity index is 0.00000210. The minimum atomic E-state index is -0.279. The van der Waals surface area contributed by atoms with Crippen LogP contribution >= 0.6 is 12.4 Å². The molecule has 0 aromatic heterocycles. The van der Waals surface area contributed by atoms with E-state index < -0.39 is 0 Å². The monoisotopic (exact) mass is 397 g/mol. The van der Waals surface area contributed by atoms with Gasteiger partial charge in [-0.2, -0.15) is 0 Å². The Bertz CT molecular complexity index is 654. The lowest BCUT2D eigenvalue weighted by molar-refractivity contribution is -0.153. The van der Waals surface area contributed by atoms with Crippen LogP contribution in [0, 0.1) is 28.6 Å². The molecule has 4 rings (SSSR count). The van der Waals surface area contributed by atoms with E-state index in [-0.39, 0.29) is 47.0 Å². The van der Waals surface area contributed by atoms with Gasteiger partial charge < -0.3 is 15.9 Å². The number of amides is 1. The standard InChI is InChI=1S/C20H31N3O3.ClH/c1-19-7-5-12(23-26-10-9-21)11-15(19)22-18(25)17-13-3-4-16(24)20(13,2)8-6-14(17)19;/h13-15,17H,3-11,21H2,1-2H3,(H,22,25);1H/t13-,14-,15?,17-,19+,20-;/m0./s1. The molecule has 1 aliphatic heterocycles. The average molecular weight is 398 g/mol. The van der Waals surface area contributed by atoms with Crippen molar-refractivity contribution in [1.82, 2.24) is 5.32 Å². The number of nitrogens with two attached hydrogens (primary N) is 1. The first kappa shape index (κ1) is 20.6. The molecule has 4 aliphatic rings. The second kappa shape index (κ2) is 7.36. The number of rotatable bonds is 3. The Kier molecular flexibility index (Phi) is 5.61. The summed E-state index contributed by atoms with van der Waals surface area (Å²) in [5.74, 6) is 1.11. The number of ketones is 1. The lowest BCUT2D eigenvalue weighted by Crippen LogP contribution is -2.65. The van der Waals surface area contributed by atoms with Crippen LogP contribution in [0.25, 0.3) is 0 Å². The molecule has 6 atom stereocenters. The molecular formula is C20H32ClN3O3. The first-order chi connectivity index (χ1) is 12.4. The zero-order chi connectivity index (χ0) is 18.5. The van der Waals surface area contributed by atoms with E-state index in [1.165, 1.54) is 0 Å². The number of Topliss-reactive ketones (excluding diaryl/α,β-unsaturated/α-hetero) is 1. The molecule has 1 saturated heterocycles. The third-order valence-electron chi connectivity index (χ3n) is 8.04. The van der Waals surface area contributed by atoms with Crippen molar-refractivity contribution in [3.05, 3.63) is 0 Å². The van der Waals surface area contributed by atoms with E-state index in [9.17, 15) is 9.59 Å². The lowest BCUT2D eigenvalue weighted by Gasteiger charge is -2.58. The molecule has 3 N–H and O–H groups in total. The Hall–Kier alpha value is -1.14. The van der Waals surface area contributed by atoms with Gasteiger partial charge in [-0.15, -0.1) is 12.4 Å². The molecule has 1 unspecified atom stereocenters. The highest BCUT2D eigenvalue weighted by Gasteiger charge is 2.62. The molecule has 1 amide bonds. The fraction of sp³-hybridized carbons (Fsp3) is 0.850. The number of carbonyl (C=O) groups is 2. The quantitative estimate of drug-likeness (QED) is 0.565. The summed E-state index contributed by atoms with van der Waals surface area (Å²) in [6, 6.07) is 0.117. The van der Waals surface area contributed by atoms with Crippen molar-refractivity contribution in [2.24, 2.45) is 39.5 Å². The molecule has 1 heterocycles. The molecule has 152 valence electrons. The molecule has 27 heavy (non-hydrogen) atoms. The molecule has 0 spiro atoms. The van der Waals surface area contributed by atoms with Crippen LogP contribution in [0.4, 0.5) is 0 Å². The van der Waals surface area contributed by atoms with E-state index in [4.69, 9.17) is 10.6 Å². The maximum Gasteiger partial charge on any atom is 0.223 e. The Morgan fingerprint density at radius 3 is 2.70 bits per heavy atom. The van der Waals surface area contributed by atoms with Crippen LogP contribution in [0.1, 0.15) is 58.8 Å². The van der Waals surface area contributed by atoms with Crippen molar-refractivity contribution in [1.29, 1.82) is 0 Å². The van der Waals surface area contributed by atoms with Crippen LogP contribution in [0.5, 0.6) is 0 Å². The van der Waals surface area contributed by atoms with Crippen molar-refractivity contribution >= 4 is 29.8 Å². The van der Waals surface area contributed by atoms with Gasteiger partial charge in [0.15, 0.2) is 0 Å². The topological polar surface area (TPSA) is 93.8 Å². The third-order valence-corrected chi connectivity index (χ3v) is 8.04. The summed E-state index contributed by atoms with van der Waals surface area (Å²) < 4.78 is 0. The number of fused-ring (bicyclic) bond motifs is 5. The predicted octanol–water partition coefficient (Wildman–Crippen LogP) is 2.44. The normalized spacial score (nSPS) is 44.6. The Morgan fingerprint density at radius 1 is 1.19 bits per heavy atom. The van der Waals surface area contributed by atoms with E-state index in [1.54, 1.807) is 0 Å². The smallest absolute Gasteiger partial charge is 0.223 e. The third kappa shape index (κ3) is 3.09. The minimum Gasteiger partial charge on any atom is -0.395 e. The summed E-state index contributed by atoms with van der Waals surface area (Å²) in [5.41, 5.74) is 6.28. The number of oxime groups is 1. The van der Waals surface area contributed by atoms with Crippen LogP contribution in [0.3, 0.4) is 0 Å². The summed E-state index contributed by atoms with van der Waals surface area (Å²) in [7, 11) is 0. The Morgan fingerprint density at radius 2 is 1.96 bits per heavy atom. The summed E-state index contributed by atoms with van der Waals surface area (Å²) in [6.07, 6.45) is 6.14. The summed E-state index contributed by atoms with van der Waals surface area (Å²) >= 11 is 0. The molecule has 0 aromatic rings. The molecule has 0 aromatic carbocycles. The van der Waals surface area contributed by atoms with Crippen molar-refractivity contribution in [2.75, 3.05) is 13.2 Å². The van der Waals surface area contributed by atoms with Crippen LogP contribution in [0.15, 0.2) is 5.16 Å². The van der Waals surface area contributed by atoms with E-state index in [0.29, 0.717) is 31.3 Å². The molecule has 0 bridgehead atoms. The van der Waals surface area contributed by atoms with E-state index in [0.717, 1.165) is 44.2 Å². The van der Waals surface area contributed by atoms with Gasteiger partial charge in [-0.3, -0.25) is 9.59 Å². The van der Waals surface area contributed by atoms with Gasteiger partial charge in [0.25, 0.3) is 0 Å². The van der Waals surface area contributed by atoms with Gasteiger partial charge in [0.1, 0.15) is 12.4 Å². The first-order valence-corrected chi connectivity index (χ1v) is 10.1. The summed E-state index contributed by atoms with van der Waals surface area (Å²) in [4.78, 5) is 30.8. The first-order valence-electron chi connectivity index (χ1n) is 10.1. The molecule has 0 radical (unpaired) electrons. The fourth-order valence-electron chi connectivity index (χ4n) is 6.38. The highest BCUT2D eigenvalue weighted by molar-refractivity contribution is 5.91. The van der Waals surface area contributed by atoms with Gasteiger partial charge in [0.05, 0.1) is 5.71 Å². The van der Waals surface area contributed by atoms with Gasteiger partial charge in [-0.05, 0) is 49.4 Å². The number of nitrogens with zero attached hydrogens (tertiary/aromatic N) is 1. The summed E-state index contributed by atoms with van der Waals surface area (Å²) in [5, 5.41) is 7.55. The van der Waals surface area contributed by atoms with Crippen molar-refractivity contribution in [3.63, 3.8) is 0 Å². The highest BCUT2D eigenvalue weighted by Crippen LogP contribution is 2.61. The Labute approximate surface area is 167 Å². The molecule has 3 saturated carbocycles. The minimum absolute atomic E-state index is 0. The zero-order valence-corrected chi connectivity index (χ0v) is 17.1. The van der Waals surface area contributed by atoms with Crippen molar-refractivity contribution < 1.29 is 14.4 Å². The number of halogens is 1. The van der Waals surface area contributed by atoms with Gasteiger partial charge in [-0.1, -0.05) is 19.0 Å². The van der Waals surface area contributed by atoms with Gasteiger partial charge in [0, 0.05) is 36.8 Å². The van der Waals surface area contributed by atoms with E-state index in [2.05, 4.69) is 24.3 Å². The molecule has 4 fully saturated rings. The van der Waals surface area contributed by atoms with Crippen LogP contribution < -0.4 is 11.1 Å². The van der Waals surface area contributed by atoms with Crippen LogP contribution in [-0.4, -0.2) is 36.6 Å². The van der Waals surface area contributed by atoms with Gasteiger partial charge in [-0.25, -0.2) is 0 Å². The largest absolute Gasteiger partial charge is 0.395 e. The second-order valence-electron chi connectivity index (χ2n) is 9.21. The SMILES string of the molecule is C[C@]12CCC(=NOCCN)CC1NC(=O)[C@@H]1[C@@H]2CC[C@]2(C)C(=O)CC[C@@H]12.Cl. The second-order valence-corrected chi connectivity index (χ2v) is 9.21. The predicted molar refractivity (Wildman–Crippen MR) is 106 cm³/mol. The number of piperidine rings is 1. The van der Waals surface area contributed by atoms with Crippen molar-refractivity contribution in [2.45, 2.75) is 64.8 Å². The maximum absolute atomic E-state index is 13.1. The number of nitrogens with one attached hydrogen (secondary N) is 1. The highest BCUT2D eigenvalue weighted by atomic mass is 35.5. The van der Waals surface area contributed by atoms with Gasteiger partial charge in [0.2, 0.25) is 5.91 Å². The molecule has 6 nitrogen and oxygen atoms in total.